The molecule has 0 saturated carbocycles. The Bertz CT molecular complexity index is 1220. The summed E-state index contributed by atoms with van der Waals surface area (Å²) in [5.41, 5.74) is 3.76. The molecular formula is C23H20N4O3. The van der Waals surface area contributed by atoms with Crippen molar-refractivity contribution in [3.8, 4) is 22.8 Å². The maximum Gasteiger partial charge on any atom is 0.257 e. The van der Waals surface area contributed by atoms with Crippen LogP contribution < -0.4 is 14.8 Å². The van der Waals surface area contributed by atoms with Gasteiger partial charge in [-0.15, -0.1) is 0 Å². The van der Waals surface area contributed by atoms with Gasteiger partial charge in [0.25, 0.3) is 5.91 Å². The molecule has 1 atom stereocenters. The van der Waals surface area contributed by atoms with Gasteiger partial charge in [0.1, 0.15) is 18.8 Å². The third kappa shape index (κ3) is 3.24. The van der Waals surface area contributed by atoms with Gasteiger partial charge in [-0.25, -0.2) is 9.50 Å². The predicted octanol–water partition coefficient (Wildman–Crippen LogP) is 3.66. The quantitative estimate of drug-likeness (QED) is 0.566. The van der Waals surface area contributed by atoms with Crippen molar-refractivity contribution in [1.29, 1.82) is 0 Å². The highest BCUT2D eigenvalue weighted by atomic mass is 16.6. The molecule has 1 aliphatic heterocycles. The molecule has 0 fully saturated rings. The molecule has 0 spiro atoms. The number of amides is 1. The number of benzene rings is 2. The second kappa shape index (κ2) is 7.51. The number of nitrogens with zero attached hydrogens (tertiary/aromatic N) is 3. The summed E-state index contributed by atoms with van der Waals surface area (Å²) in [6.45, 7) is 3.00. The van der Waals surface area contributed by atoms with Crippen LogP contribution in [0.4, 0.5) is 0 Å². The fourth-order valence-electron chi connectivity index (χ4n) is 3.57. The van der Waals surface area contributed by atoms with E-state index < -0.39 is 0 Å². The van der Waals surface area contributed by atoms with E-state index in [-0.39, 0.29) is 11.9 Å². The molecule has 0 saturated heterocycles. The SMILES string of the molecule is C[C@@H](NC(=O)c1cnn2c(-c3ccccc3)ccnc12)c1ccc2c(c1)OCCO2. The predicted molar refractivity (Wildman–Crippen MR) is 112 cm³/mol. The van der Waals surface area contributed by atoms with Crippen molar-refractivity contribution in [1.82, 2.24) is 19.9 Å². The van der Waals surface area contributed by atoms with Crippen molar-refractivity contribution in [2.75, 3.05) is 13.2 Å². The Morgan fingerprint density at radius 3 is 2.70 bits per heavy atom. The Kier molecular flexibility index (Phi) is 4.55. The maximum absolute atomic E-state index is 13.0. The number of rotatable bonds is 4. The van der Waals surface area contributed by atoms with E-state index >= 15 is 0 Å². The first kappa shape index (κ1) is 18.2. The van der Waals surface area contributed by atoms with Crippen LogP contribution >= 0.6 is 0 Å². The minimum Gasteiger partial charge on any atom is -0.486 e. The summed E-state index contributed by atoms with van der Waals surface area (Å²) in [6.07, 6.45) is 3.25. The van der Waals surface area contributed by atoms with Crippen LogP contribution in [-0.2, 0) is 0 Å². The molecule has 5 rings (SSSR count). The van der Waals surface area contributed by atoms with Crippen molar-refractivity contribution in [2.24, 2.45) is 0 Å². The number of hydrogen-bond donors (Lipinski definition) is 1. The van der Waals surface area contributed by atoms with E-state index in [1.54, 1.807) is 16.9 Å². The molecule has 1 amide bonds. The largest absolute Gasteiger partial charge is 0.486 e. The first-order chi connectivity index (χ1) is 14.7. The zero-order chi connectivity index (χ0) is 20.5. The summed E-state index contributed by atoms with van der Waals surface area (Å²) in [5, 5.41) is 7.44. The molecule has 7 heteroatoms. The number of nitrogens with one attached hydrogen (secondary N) is 1. The van der Waals surface area contributed by atoms with E-state index in [4.69, 9.17) is 9.47 Å². The van der Waals surface area contributed by atoms with E-state index in [1.165, 1.54) is 0 Å². The Balaban J connectivity index is 1.41. The number of hydrogen-bond acceptors (Lipinski definition) is 5. The minimum absolute atomic E-state index is 0.222. The van der Waals surface area contributed by atoms with Crippen molar-refractivity contribution in [2.45, 2.75) is 13.0 Å². The first-order valence-corrected chi connectivity index (χ1v) is 9.79. The molecule has 0 radical (unpaired) electrons. The van der Waals surface area contributed by atoms with E-state index in [0.717, 1.165) is 22.6 Å². The number of fused-ring (bicyclic) bond motifs is 2. The van der Waals surface area contributed by atoms with Crippen LogP contribution in [0.15, 0.2) is 67.0 Å². The van der Waals surface area contributed by atoms with Crippen LogP contribution in [0.1, 0.15) is 28.9 Å². The van der Waals surface area contributed by atoms with Gasteiger partial charge in [0.2, 0.25) is 0 Å². The van der Waals surface area contributed by atoms with E-state index in [9.17, 15) is 4.79 Å². The van der Waals surface area contributed by atoms with Crippen molar-refractivity contribution >= 4 is 11.6 Å². The van der Waals surface area contributed by atoms with Crippen LogP contribution in [-0.4, -0.2) is 33.7 Å². The van der Waals surface area contributed by atoms with E-state index in [1.807, 2.05) is 61.5 Å². The Morgan fingerprint density at radius 2 is 1.87 bits per heavy atom. The highest BCUT2D eigenvalue weighted by Gasteiger charge is 2.20. The highest BCUT2D eigenvalue weighted by Crippen LogP contribution is 2.32. The monoisotopic (exact) mass is 400 g/mol. The van der Waals surface area contributed by atoms with Gasteiger partial charge >= 0.3 is 0 Å². The summed E-state index contributed by atoms with van der Waals surface area (Å²) in [4.78, 5) is 17.4. The molecule has 0 bridgehead atoms. The lowest BCUT2D eigenvalue weighted by atomic mass is 10.1. The lowest BCUT2D eigenvalue weighted by Crippen LogP contribution is -2.27. The van der Waals surface area contributed by atoms with Gasteiger partial charge in [-0.1, -0.05) is 36.4 Å². The van der Waals surface area contributed by atoms with Crippen molar-refractivity contribution < 1.29 is 14.3 Å². The second-order valence-electron chi connectivity index (χ2n) is 7.09. The van der Waals surface area contributed by atoms with Crippen LogP contribution in [0.3, 0.4) is 0 Å². The van der Waals surface area contributed by atoms with Gasteiger partial charge in [-0.05, 0) is 30.7 Å². The summed E-state index contributed by atoms with van der Waals surface area (Å²) in [7, 11) is 0. The zero-order valence-electron chi connectivity index (χ0n) is 16.4. The summed E-state index contributed by atoms with van der Waals surface area (Å²) >= 11 is 0. The van der Waals surface area contributed by atoms with Gasteiger partial charge in [0.05, 0.1) is 17.9 Å². The topological polar surface area (TPSA) is 77.8 Å². The summed E-state index contributed by atoms with van der Waals surface area (Å²) in [5.74, 6) is 1.19. The number of carbonyl (C=O) groups excluding carboxylic acids is 1. The summed E-state index contributed by atoms with van der Waals surface area (Å²) < 4.78 is 12.9. The Hall–Kier alpha value is -3.87. The number of carbonyl (C=O) groups is 1. The van der Waals surface area contributed by atoms with Gasteiger partial charge in [0.15, 0.2) is 17.1 Å². The Morgan fingerprint density at radius 1 is 1.07 bits per heavy atom. The van der Waals surface area contributed by atoms with Crippen LogP contribution in [0, 0.1) is 0 Å². The molecule has 1 aliphatic rings. The van der Waals surface area contributed by atoms with Gasteiger partial charge in [-0.2, -0.15) is 5.10 Å². The first-order valence-electron chi connectivity index (χ1n) is 9.79. The van der Waals surface area contributed by atoms with Gasteiger partial charge in [-0.3, -0.25) is 4.79 Å². The van der Waals surface area contributed by atoms with Crippen LogP contribution in [0.5, 0.6) is 11.5 Å². The molecule has 150 valence electrons. The van der Waals surface area contributed by atoms with Crippen molar-refractivity contribution in [3.05, 3.63) is 78.1 Å². The third-order valence-corrected chi connectivity index (χ3v) is 5.13. The zero-order valence-corrected chi connectivity index (χ0v) is 16.4. The second-order valence-corrected chi connectivity index (χ2v) is 7.09. The van der Waals surface area contributed by atoms with Crippen LogP contribution in [0.2, 0.25) is 0 Å². The standard InChI is InChI=1S/C23H20N4O3/c1-15(17-7-8-20-21(13-17)30-12-11-29-20)26-23(28)18-14-25-27-19(9-10-24-22(18)27)16-5-3-2-4-6-16/h2-10,13-15H,11-12H2,1H3,(H,26,28)/t15-/m1/s1. The van der Waals surface area contributed by atoms with E-state index in [0.29, 0.717) is 30.2 Å². The lowest BCUT2D eigenvalue weighted by molar-refractivity contribution is 0.0941. The fraction of sp³-hybridized carbons (Fsp3) is 0.174. The third-order valence-electron chi connectivity index (χ3n) is 5.13. The Labute approximate surface area is 173 Å². The average molecular weight is 400 g/mol. The normalized spacial score (nSPS) is 13.8. The molecule has 2 aromatic heterocycles. The van der Waals surface area contributed by atoms with Crippen molar-refractivity contribution in [3.63, 3.8) is 0 Å². The molecule has 0 unspecified atom stereocenters. The molecule has 1 N–H and O–H groups in total. The van der Waals surface area contributed by atoms with E-state index in [2.05, 4.69) is 15.4 Å². The van der Waals surface area contributed by atoms with Gasteiger partial charge < -0.3 is 14.8 Å². The minimum atomic E-state index is -0.231. The molecule has 7 nitrogen and oxygen atoms in total. The lowest BCUT2D eigenvalue weighted by Gasteiger charge is -2.21. The smallest absolute Gasteiger partial charge is 0.257 e. The fourth-order valence-corrected chi connectivity index (χ4v) is 3.57. The van der Waals surface area contributed by atoms with Crippen LogP contribution in [0.25, 0.3) is 16.9 Å². The summed E-state index contributed by atoms with van der Waals surface area (Å²) in [6, 6.07) is 17.3. The average Bonchev–Trinajstić information content (AvgIpc) is 3.24. The molecule has 4 aromatic rings. The molecule has 0 aliphatic carbocycles. The van der Waals surface area contributed by atoms with Gasteiger partial charge in [0, 0.05) is 11.8 Å². The molecule has 30 heavy (non-hydrogen) atoms. The number of ether oxygens (including phenoxy) is 2. The molecule has 3 heterocycles. The maximum atomic E-state index is 13.0. The molecular weight excluding hydrogens is 380 g/mol. The highest BCUT2D eigenvalue weighted by molar-refractivity contribution is 6.00. The number of aromatic nitrogens is 3. The molecule has 2 aromatic carbocycles.